The molecular weight excluding hydrogens is 408 g/mol. The highest BCUT2D eigenvalue weighted by Gasteiger charge is 2.33. The highest BCUT2D eigenvalue weighted by Crippen LogP contribution is 2.33. The summed E-state index contributed by atoms with van der Waals surface area (Å²) in [6, 6.07) is 1.38. The van der Waals surface area contributed by atoms with Crippen LogP contribution in [0, 0.1) is 6.92 Å². The van der Waals surface area contributed by atoms with Crippen molar-refractivity contribution in [3.63, 3.8) is 0 Å². The molecule has 10 heteroatoms. The molecule has 5 rings (SSSR count). The molecule has 0 spiro atoms. The molecule has 31 heavy (non-hydrogen) atoms. The second-order valence-electron chi connectivity index (χ2n) is 8.08. The fraction of sp³-hybridized carbons (Fsp3) is 0.476. The van der Waals surface area contributed by atoms with Gasteiger partial charge in [0.05, 0.1) is 5.56 Å². The highest BCUT2D eigenvalue weighted by molar-refractivity contribution is 6.03. The van der Waals surface area contributed by atoms with E-state index >= 15 is 0 Å². The topological polar surface area (TPSA) is 93.6 Å². The Morgan fingerprint density at radius 1 is 1.26 bits per heavy atom. The van der Waals surface area contributed by atoms with E-state index in [0.29, 0.717) is 61.4 Å². The molecule has 3 aromatic heterocycles. The molecule has 1 fully saturated rings. The van der Waals surface area contributed by atoms with Gasteiger partial charge in [-0.15, -0.1) is 0 Å². The van der Waals surface area contributed by atoms with E-state index in [4.69, 9.17) is 4.42 Å². The Labute approximate surface area is 176 Å². The van der Waals surface area contributed by atoms with Crippen LogP contribution in [0.2, 0.25) is 0 Å². The van der Waals surface area contributed by atoms with Crippen LogP contribution in [-0.4, -0.2) is 49.3 Å². The van der Waals surface area contributed by atoms with Crippen LogP contribution >= 0.6 is 0 Å². The zero-order valence-electron chi connectivity index (χ0n) is 17.0. The van der Waals surface area contributed by atoms with Crippen molar-refractivity contribution >= 4 is 17.5 Å². The lowest BCUT2D eigenvalue weighted by atomic mass is 9.92. The highest BCUT2D eigenvalue weighted by atomic mass is 19.3. The zero-order valence-corrected chi connectivity index (χ0v) is 17.0. The summed E-state index contributed by atoms with van der Waals surface area (Å²) in [5, 5.41) is 3.81. The molecule has 0 atom stereocenters. The SMILES string of the molecule is Cc1c(C(=O)N2CCC(c3cc(C(F)F)n4ncnc4n3)CC2)oc2c1C(=O)CCC2. The number of rotatable bonds is 3. The molecule has 3 aromatic rings. The largest absolute Gasteiger partial charge is 0.455 e. The molecule has 4 heterocycles. The van der Waals surface area contributed by atoms with Gasteiger partial charge in [-0.05, 0) is 32.3 Å². The number of ketones is 1. The van der Waals surface area contributed by atoms with Crippen molar-refractivity contribution in [3.8, 4) is 0 Å². The molecule has 0 bridgehead atoms. The summed E-state index contributed by atoms with van der Waals surface area (Å²) in [5.74, 6) is 0.736. The third-order valence-corrected chi connectivity index (χ3v) is 6.22. The molecule has 0 unspecified atom stereocenters. The lowest BCUT2D eigenvalue weighted by molar-refractivity contribution is 0.0676. The smallest absolute Gasteiger partial charge is 0.289 e. The van der Waals surface area contributed by atoms with E-state index in [9.17, 15) is 18.4 Å². The number of Topliss-reactive ketones (excluding diaryl/α,β-unsaturated/α-hetero) is 1. The van der Waals surface area contributed by atoms with Crippen molar-refractivity contribution in [2.45, 2.75) is 51.4 Å². The van der Waals surface area contributed by atoms with Gasteiger partial charge in [0, 0.05) is 43.1 Å². The quantitative estimate of drug-likeness (QED) is 0.633. The van der Waals surface area contributed by atoms with E-state index in [2.05, 4.69) is 15.1 Å². The van der Waals surface area contributed by atoms with Gasteiger partial charge in [0.1, 0.15) is 17.8 Å². The third kappa shape index (κ3) is 3.30. The van der Waals surface area contributed by atoms with E-state index in [1.165, 1.54) is 12.4 Å². The number of carbonyl (C=O) groups excluding carboxylic acids is 2. The zero-order chi connectivity index (χ0) is 21.7. The number of aromatic nitrogens is 4. The molecule has 1 saturated heterocycles. The van der Waals surface area contributed by atoms with Crippen molar-refractivity contribution in [2.24, 2.45) is 0 Å². The number of piperidine rings is 1. The maximum atomic E-state index is 13.4. The van der Waals surface area contributed by atoms with Crippen LogP contribution in [0.4, 0.5) is 8.78 Å². The standard InChI is InChI=1S/C21H21F2N5O3/c1-11-17-15(29)3-2-4-16(17)31-18(11)20(30)27-7-5-12(6-8-27)13-9-14(19(22)23)28-21(26-13)24-10-25-28/h9-10,12,19H,2-8H2,1H3. The van der Waals surface area contributed by atoms with Crippen LogP contribution in [0.3, 0.4) is 0 Å². The minimum absolute atomic E-state index is 0.0324. The maximum absolute atomic E-state index is 13.4. The van der Waals surface area contributed by atoms with Gasteiger partial charge in [-0.2, -0.15) is 14.6 Å². The normalized spacial score (nSPS) is 17.5. The molecule has 1 amide bonds. The molecule has 2 aliphatic rings. The van der Waals surface area contributed by atoms with Gasteiger partial charge in [-0.3, -0.25) is 9.59 Å². The Kier molecular flexibility index (Phi) is 4.79. The lowest BCUT2D eigenvalue weighted by Crippen LogP contribution is -2.38. The monoisotopic (exact) mass is 429 g/mol. The number of likely N-dealkylation sites (tertiary alicyclic amines) is 1. The summed E-state index contributed by atoms with van der Waals surface area (Å²) in [6.07, 6.45) is 1.57. The fourth-order valence-corrected chi connectivity index (χ4v) is 4.59. The Morgan fingerprint density at radius 3 is 2.74 bits per heavy atom. The van der Waals surface area contributed by atoms with Crippen molar-refractivity contribution < 1.29 is 22.8 Å². The van der Waals surface area contributed by atoms with Gasteiger partial charge < -0.3 is 9.32 Å². The Balaban J connectivity index is 1.34. The number of hydrogen-bond donors (Lipinski definition) is 0. The number of fused-ring (bicyclic) bond motifs is 2. The van der Waals surface area contributed by atoms with Gasteiger partial charge in [0.2, 0.25) is 0 Å². The van der Waals surface area contributed by atoms with Crippen LogP contribution in [0.1, 0.15) is 81.7 Å². The van der Waals surface area contributed by atoms with Gasteiger partial charge in [-0.1, -0.05) is 0 Å². The van der Waals surface area contributed by atoms with Crippen molar-refractivity contribution in [1.82, 2.24) is 24.5 Å². The van der Waals surface area contributed by atoms with Crippen LogP contribution in [0.15, 0.2) is 16.8 Å². The lowest BCUT2D eigenvalue weighted by Gasteiger charge is -2.31. The minimum atomic E-state index is -2.69. The summed E-state index contributed by atoms with van der Waals surface area (Å²) in [7, 11) is 0. The second kappa shape index (κ2) is 7.51. The van der Waals surface area contributed by atoms with Crippen molar-refractivity contribution in [3.05, 3.63) is 46.4 Å². The van der Waals surface area contributed by atoms with Crippen molar-refractivity contribution in [2.75, 3.05) is 13.1 Å². The molecule has 0 radical (unpaired) electrons. The first-order chi connectivity index (χ1) is 14.9. The Bertz CT molecular complexity index is 1180. The summed E-state index contributed by atoms with van der Waals surface area (Å²) in [6.45, 7) is 2.66. The van der Waals surface area contributed by atoms with E-state index in [0.717, 1.165) is 10.9 Å². The summed E-state index contributed by atoms with van der Waals surface area (Å²) < 4.78 is 33.7. The average Bonchev–Trinajstić information content (AvgIpc) is 3.37. The maximum Gasteiger partial charge on any atom is 0.289 e. The van der Waals surface area contributed by atoms with Gasteiger partial charge in [-0.25, -0.2) is 13.8 Å². The molecule has 0 N–H and O–H groups in total. The predicted octanol–water partition coefficient (Wildman–Crippen LogP) is 3.50. The van der Waals surface area contributed by atoms with Crippen LogP contribution in [0.5, 0.6) is 0 Å². The molecule has 1 aliphatic carbocycles. The van der Waals surface area contributed by atoms with E-state index in [1.807, 2.05) is 0 Å². The fourth-order valence-electron chi connectivity index (χ4n) is 4.59. The molecular formula is C21H21F2N5O3. The van der Waals surface area contributed by atoms with Crippen LogP contribution in [-0.2, 0) is 6.42 Å². The van der Waals surface area contributed by atoms with Crippen LogP contribution < -0.4 is 0 Å². The second-order valence-corrected chi connectivity index (χ2v) is 8.08. The Hall–Kier alpha value is -3.17. The van der Waals surface area contributed by atoms with Crippen LogP contribution in [0.25, 0.3) is 5.78 Å². The first-order valence-electron chi connectivity index (χ1n) is 10.4. The minimum Gasteiger partial charge on any atom is -0.455 e. The van der Waals surface area contributed by atoms with Gasteiger partial charge >= 0.3 is 0 Å². The molecule has 8 nitrogen and oxygen atoms in total. The average molecular weight is 429 g/mol. The van der Waals surface area contributed by atoms with E-state index < -0.39 is 6.43 Å². The van der Waals surface area contributed by atoms with Gasteiger partial charge in [0.25, 0.3) is 18.1 Å². The number of carbonyl (C=O) groups is 2. The Morgan fingerprint density at radius 2 is 2.03 bits per heavy atom. The number of hydrogen-bond acceptors (Lipinski definition) is 6. The van der Waals surface area contributed by atoms with E-state index in [-0.39, 0.29) is 34.8 Å². The predicted molar refractivity (Wildman–Crippen MR) is 104 cm³/mol. The number of amides is 1. The summed E-state index contributed by atoms with van der Waals surface area (Å²) in [4.78, 5) is 35.3. The summed E-state index contributed by atoms with van der Waals surface area (Å²) >= 11 is 0. The number of halogens is 2. The molecule has 0 aromatic carbocycles. The molecule has 162 valence electrons. The van der Waals surface area contributed by atoms with E-state index in [1.54, 1.807) is 11.8 Å². The number of alkyl halides is 2. The first-order valence-corrected chi connectivity index (χ1v) is 10.4. The third-order valence-electron chi connectivity index (χ3n) is 6.22. The van der Waals surface area contributed by atoms with Gasteiger partial charge in [0.15, 0.2) is 11.5 Å². The molecule has 0 saturated carbocycles. The molecule has 1 aliphatic heterocycles. The number of furan rings is 1. The first kappa shape index (κ1) is 19.8. The number of aryl methyl sites for hydroxylation is 1. The van der Waals surface area contributed by atoms with Crippen molar-refractivity contribution in [1.29, 1.82) is 0 Å². The summed E-state index contributed by atoms with van der Waals surface area (Å²) in [5.41, 5.74) is 1.48. The number of nitrogens with zero attached hydrogens (tertiary/aromatic N) is 5.